The van der Waals surface area contributed by atoms with Gasteiger partial charge >= 0.3 is 0 Å². The number of hydrogen-bond acceptors (Lipinski definition) is 6. The van der Waals surface area contributed by atoms with Gasteiger partial charge in [-0.2, -0.15) is 0 Å². The van der Waals surface area contributed by atoms with Crippen LogP contribution in [0.15, 0.2) is 46.3 Å². The third kappa shape index (κ3) is 4.14. The van der Waals surface area contributed by atoms with Crippen molar-refractivity contribution in [3.63, 3.8) is 0 Å². The molecule has 1 N–H and O–H groups in total. The summed E-state index contributed by atoms with van der Waals surface area (Å²) in [5.41, 5.74) is 1.42. The maximum absolute atomic E-state index is 12.5. The van der Waals surface area contributed by atoms with Crippen molar-refractivity contribution in [3.8, 4) is 16.9 Å². The van der Waals surface area contributed by atoms with Crippen LogP contribution >= 0.6 is 0 Å². The van der Waals surface area contributed by atoms with Gasteiger partial charge in [0.1, 0.15) is 17.4 Å². The quantitative estimate of drug-likeness (QED) is 0.619. The van der Waals surface area contributed by atoms with E-state index in [0.29, 0.717) is 40.6 Å². The average molecular weight is 465 g/mol. The van der Waals surface area contributed by atoms with Crippen molar-refractivity contribution in [2.45, 2.75) is 30.8 Å². The van der Waals surface area contributed by atoms with E-state index < -0.39 is 19.7 Å². The first-order valence-corrected chi connectivity index (χ1v) is 13.5. The van der Waals surface area contributed by atoms with E-state index in [0.717, 1.165) is 0 Å². The van der Waals surface area contributed by atoms with Crippen molar-refractivity contribution >= 4 is 30.6 Å². The summed E-state index contributed by atoms with van der Waals surface area (Å²) >= 11 is 0. The fourth-order valence-electron chi connectivity index (χ4n) is 3.83. The smallest absolute Gasteiger partial charge is 0.274 e. The first-order chi connectivity index (χ1) is 14.6. The number of H-pyrrole nitrogens is 1. The summed E-state index contributed by atoms with van der Waals surface area (Å²) in [6.45, 7) is 1.58. The Labute approximate surface area is 180 Å². The lowest BCUT2D eigenvalue weighted by molar-refractivity contribution is 0.190. The zero-order valence-electron chi connectivity index (χ0n) is 17.3. The van der Waals surface area contributed by atoms with Gasteiger partial charge in [-0.05, 0) is 37.1 Å². The molecule has 1 fully saturated rings. The molecule has 0 radical (unpaired) electrons. The second-order valence-electron chi connectivity index (χ2n) is 7.76. The van der Waals surface area contributed by atoms with Gasteiger partial charge in [0.05, 0.1) is 22.2 Å². The number of fused-ring (bicyclic) bond motifs is 1. The summed E-state index contributed by atoms with van der Waals surface area (Å²) in [5, 5.41) is 0.658. The number of nitrogens with zero attached hydrogens (tertiary/aromatic N) is 1. The van der Waals surface area contributed by atoms with E-state index in [2.05, 4.69) is 4.98 Å². The van der Waals surface area contributed by atoms with Crippen LogP contribution in [0, 0.1) is 0 Å². The highest BCUT2D eigenvalue weighted by Gasteiger charge is 2.26. The molecule has 0 saturated carbocycles. The number of benzene rings is 1. The van der Waals surface area contributed by atoms with Gasteiger partial charge in [0.25, 0.3) is 5.56 Å². The van der Waals surface area contributed by atoms with Gasteiger partial charge in [-0.15, -0.1) is 0 Å². The van der Waals surface area contributed by atoms with Gasteiger partial charge < -0.3 is 14.3 Å². The second-order valence-corrected chi connectivity index (χ2v) is 12.3. The predicted molar refractivity (Wildman–Crippen MR) is 119 cm³/mol. The van der Waals surface area contributed by atoms with Crippen LogP contribution in [0.4, 0.5) is 0 Å². The molecule has 166 valence electrons. The largest absolute Gasteiger partial charge is 0.490 e. The fraction of sp³-hybridized carbons (Fsp3) is 0.381. The normalized spacial score (nSPS) is 17.1. The summed E-state index contributed by atoms with van der Waals surface area (Å²) in [6.07, 6.45) is 3.79. The van der Waals surface area contributed by atoms with Crippen molar-refractivity contribution in [2.24, 2.45) is 7.05 Å². The van der Waals surface area contributed by atoms with Gasteiger partial charge in [-0.3, -0.25) is 4.79 Å². The fourth-order valence-corrected chi connectivity index (χ4v) is 6.19. The molecule has 3 heterocycles. The van der Waals surface area contributed by atoms with E-state index in [1.165, 1.54) is 10.6 Å². The van der Waals surface area contributed by atoms with E-state index in [1.807, 2.05) is 0 Å². The van der Waals surface area contributed by atoms with E-state index in [1.54, 1.807) is 44.6 Å². The summed E-state index contributed by atoms with van der Waals surface area (Å²) < 4.78 is 56.2. The lowest BCUT2D eigenvalue weighted by atomic mass is 10.0. The summed E-state index contributed by atoms with van der Waals surface area (Å²) in [5.74, 6) is 0.550. The first-order valence-electron chi connectivity index (χ1n) is 10.0. The molecule has 0 aliphatic carbocycles. The van der Waals surface area contributed by atoms with Gasteiger partial charge in [0, 0.05) is 36.0 Å². The van der Waals surface area contributed by atoms with Crippen LogP contribution in [-0.2, 0) is 26.7 Å². The minimum Gasteiger partial charge on any atom is -0.490 e. The van der Waals surface area contributed by atoms with Crippen LogP contribution in [-0.4, -0.2) is 49.7 Å². The Kier molecular flexibility index (Phi) is 5.47. The molecule has 8 nitrogen and oxygen atoms in total. The molecular weight excluding hydrogens is 440 g/mol. The third-order valence-corrected chi connectivity index (χ3v) is 9.12. The number of sulfone groups is 2. The third-order valence-electron chi connectivity index (χ3n) is 5.67. The lowest BCUT2D eigenvalue weighted by Gasteiger charge is -2.25. The number of nitrogens with one attached hydrogen (secondary N) is 1. The maximum atomic E-state index is 12.5. The van der Waals surface area contributed by atoms with Crippen molar-refractivity contribution in [2.75, 3.05) is 17.3 Å². The SMILES string of the molecule is CCS(=O)(=O)c1ccc(OC2CCS(=O)(=O)CC2)c(-c2cn(C)c(=O)c3[nH]ccc23)c1. The monoisotopic (exact) mass is 464 g/mol. The van der Waals surface area contributed by atoms with Crippen molar-refractivity contribution in [3.05, 3.63) is 47.0 Å². The number of aromatic amines is 1. The van der Waals surface area contributed by atoms with Crippen LogP contribution in [0.2, 0.25) is 0 Å². The van der Waals surface area contributed by atoms with Crippen molar-refractivity contribution in [1.29, 1.82) is 0 Å². The molecule has 1 aliphatic rings. The summed E-state index contributed by atoms with van der Waals surface area (Å²) in [4.78, 5) is 15.6. The molecule has 31 heavy (non-hydrogen) atoms. The zero-order chi connectivity index (χ0) is 22.4. The summed E-state index contributed by atoms with van der Waals surface area (Å²) in [6, 6.07) is 6.46. The van der Waals surface area contributed by atoms with Gasteiger partial charge in [-0.1, -0.05) is 6.92 Å². The average Bonchev–Trinajstić information content (AvgIpc) is 3.23. The van der Waals surface area contributed by atoms with Gasteiger partial charge in [-0.25, -0.2) is 16.8 Å². The Balaban J connectivity index is 1.87. The number of aryl methyl sites for hydroxylation is 1. The number of ether oxygens (including phenoxy) is 1. The number of hydrogen-bond donors (Lipinski definition) is 1. The Hall–Kier alpha value is -2.59. The number of aromatic nitrogens is 2. The molecule has 3 aromatic rings. The van der Waals surface area contributed by atoms with Crippen LogP contribution in [0.25, 0.3) is 22.0 Å². The molecule has 1 saturated heterocycles. The zero-order valence-corrected chi connectivity index (χ0v) is 18.9. The Bertz CT molecular complexity index is 1400. The molecule has 0 bridgehead atoms. The maximum Gasteiger partial charge on any atom is 0.274 e. The van der Waals surface area contributed by atoms with E-state index in [-0.39, 0.29) is 33.8 Å². The van der Waals surface area contributed by atoms with Crippen LogP contribution < -0.4 is 10.3 Å². The minimum atomic E-state index is -3.46. The predicted octanol–water partition coefficient (Wildman–Crippen LogP) is 2.28. The molecule has 1 aliphatic heterocycles. The Morgan fingerprint density at radius 1 is 1.16 bits per heavy atom. The van der Waals surface area contributed by atoms with Gasteiger partial charge in [0.15, 0.2) is 19.7 Å². The molecule has 0 unspecified atom stereocenters. The molecule has 0 spiro atoms. The highest BCUT2D eigenvalue weighted by molar-refractivity contribution is 7.91. The number of pyridine rings is 1. The van der Waals surface area contributed by atoms with Crippen molar-refractivity contribution in [1.82, 2.24) is 9.55 Å². The van der Waals surface area contributed by atoms with E-state index >= 15 is 0 Å². The van der Waals surface area contributed by atoms with Gasteiger partial charge in [0.2, 0.25) is 0 Å². The summed E-state index contributed by atoms with van der Waals surface area (Å²) in [7, 11) is -4.87. The Morgan fingerprint density at radius 2 is 1.87 bits per heavy atom. The van der Waals surface area contributed by atoms with Crippen LogP contribution in [0.3, 0.4) is 0 Å². The first kappa shape index (κ1) is 21.6. The topological polar surface area (TPSA) is 115 Å². The number of rotatable bonds is 5. The lowest BCUT2D eigenvalue weighted by Crippen LogP contribution is -2.30. The molecular formula is C21H24N2O6S2. The van der Waals surface area contributed by atoms with Crippen LogP contribution in [0.5, 0.6) is 5.75 Å². The van der Waals surface area contributed by atoms with E-state index in [4.69, 9.17) is 4.74 Å². The van der Waals surface area contributed by atoms with Crippen LogP contribution in [0.1, 0.15) is 19.8 Å². The molecule has 0 amide bonds. The highest BCUT2D eigenvalue weighted by atomic mass is 32.2. The standard InChI is InChI=1S/C21H24N2O6S2/c1-3-31(27,28)15-4-5-19(29-14-7-10-30(25,26)11-8-14)17(12-15)18-13-23(2)21(24)20-16(18)6-9-22-20/h4-6,9,12-14,22H,3,7-8,10-11H2,1-2H3. The molecule has 2 aromatic heterocycles. The second kappa shape index (κ2) is 7.83. The Morgan fingerprint density at radius 3 is 2.55 bits per heavy atom. The molecule has 10 heteroatoms. The minimum absolute atomic E-state index is 0.0417. The molecule has 0 atom stereocenters. The van der Waals surface area contributed by atoms with E-state index in [9.17, 15) is 21.6 Å². The molecule has 1 aromatic carbocycles. The molecule has 4 rings (SSSR count). The van der Waals surface area contributed by atoms with Crippen molar-refractivity contribution < 1.29 is 21.6 Å². The highest BCUT2D eigenvalue weighted by Crippen LogP contribution is 2.37.